The Hall–Kier alpha value is -0.160. The molecule has 0 aromatic heterocycles. The minimum atomic E-state index is -0.175. The molecule has 0 saturated carbocycles. The summed E-state index contributed by atoms with van der Waals surface area (Å²) in [4.78, 5) is 0. The minimum absolute atomic E-state index is 0.129. The summed E-state index contributed by atoms with van der Waals surface area (Å²) in [5, 5.41) is 0. The van der Waals surface area contributed by atoms with Crippen molar-refractivity contribution in [2.45, 2.75) is 72.4 Å². The molecular formula is C15H32O4. The highest BCUT2D eigenvalue weighted by atomic mass is 16.7. The van der Waals surface area contributed by atoms with Crippen molar-refractivity contribution in [3.63, 3.8) is 0 Å². The molecule has 0 aliphatic heterocycles. The van der Waals surface area contributed by atoms with Crippen LogP contribution in [0.25, 0.3) is 0 Å². The van der Waals surface area contributed by atoms with Crippen molar-refractivity contribution in [2.24, 2.45) is 0 Å². The fourth-order valence-corrected chi connectivity index (χ4v) is 2.12. The average Bonchev–Trinajstić information content (AvgIpc) is 2.39. The van der Waals surface area contributed by atoms with Gasteiger partial charge in [-0.25, -0.2) is 0 Å². The van der Waals surface area contributed by atoms with Gasteiger partial charge in [0.2, 0.25) is 0 Å². The summed E-state index contributed by atoms with van der Waals surface area (Å²) in [7, 11) is 0. The van der Waals surface area contributed by atoms with Gasteiger partial charge in [-0.05, 0) is 40.5 Å². The van der Waals surface area contributed by atoms with Crippen LogP contribution in [0.5, 0.6) is 0 Å². The predicted molar refractivity (Wildman–Crippen MR) is 77.4 cm³/mol. The normalized spacial score (nSPS) is 14.8. The largest absolute Gasteiger partial charge is 0.378 e. The van der Waals surface area contributed by atoms with Gasteiger partial charge < -0.3 is 18.9 Å². The Bertz CT molecular complexity index is 181. The fourth-order valence-electron chi connectivity index (χ4n) is 2.12. The topological polar surface area (TPSA) is 36.9 Å². The molecular weight excluding hydrogens is 244 g/mol. The van der Waals surface area contributed by atoms with E-state index in [2.05, 4.69) is 6.92 Å². The molecule has 0 amide bonds. The van der Waals surface area contributed by atoms with Crippen molar-refractivity contribution in [2.75, 3.05) is 26.4 Å². The first-order valence-corrected chi connectivity index (χ1v) is 7.67. The molecule has 2 unspecified atom stereocenters. The molecule has 19 heavy (non-hydrogen) atoms. The number of hydrogen-bond donors (Lipinski definition) is 0. The zero-order valence-electron chi connectivity index (χ0n) is 13.3. The van der Waals surface area contributed by atoms with Crippen molar-refractivity contribution in [1.29, 1.82) is 0 Å². The third-order valence-electron chi connectivity index (χ3n) is 2.95. The Morgan fingerprint density at radius 2 is 1.05 bits per heavy atom. The Morgan fingerprint density at radius 1 is 0.579 bits per heavy atom. The molecule has 0 aromatic rings. The van der Waals surface area contributed by atoms with Crippen LogP contribution >= 0.6 is 0 Å². The minimum Gasteiger partial charge on any atom is -0.378 e. The van der Waals surface area contributed by atoms with E-state index in [0.717, 1.165) is 25.9 Å². The molecule has 0 aliphatic carbocycles. The van der Waals surface area contributed by atoms with Crippen molar-refractivity contribution < 1.29 is 18.9 Å². The summed E-state index contributed by atoms with van der Waals surface area (Å²) in [5.74, 6) is 0. The van der Waals surface area contributed by atoms with Gasteiger partial charge in [-0.15, -0.1) is 0 Å². The molecule has 0 N–H and O–H groups in total. The molecule has 4 nitrogen and oxygen atoms in total. The number of rotatable bonds is 13. The van der Waals surface area contributed by atoms with Crippen LogP contribution in [0.15, 0.2) is 0 Å². The maximum atomic E-state index is 5.80. The second-order valence-corrected chi connectivity index (χ2v) is 4.37. The standard InChI is InChI=1S/C15H32O4/c1-6-13(16-7-2)11-14(17-8-3)12-15(18-9-4)19-10-5/h13-15H,6-12H2,1-5H3. The third-order valence-corrected chi connectivity index (χ3v) is 2.95. The summed E-state index contributed by atoms with van der Waals surface area (Å²) >= 11 is 0. The van der Waals surface area contributed by atoms with Crippen LogP contribution in [0.3, 0.4) is 0 Å². The maximum Gasteiger partial charge on any atom is 0.160 e. The molecule has 0 aliphatic rings. The molecule has 0 heterocycles. The first-order chi connectivity index (χ1) is 9.21. The Labute approximate surface area is 118 Å². The van der Waals surface area contributed by atoms with E-state index in [0.29, 0.717) is 19.8 Å². The third kappa shape index (κ3) is 9.38. The zero-order chi connectivity index (χ0) is 14.5. The van der Waals surface area contributed by atoms with E-state index >= 15 is 0 Å². The van der Waals surface area contributed by atoms with E-state index in [1.807, 2.05) is 27.7 Å². The molecule has 0 fully saturated rings. The number of ether oxygens (including phenoxy) is 4. The van der Waals surface area contributed by atoms with Crippen LogP contribution in [0.2, 0.25) is 0 Å². The van der Waals surface area contributed by atoms with Gasteiger partial charge in [-0.1, -0.05) is 6.92 Å². The first-order valence-electron chi connectivity index (χ1n) is 7.67. The second-order valence-electron chi connectivity index (χ2n) is 4.37. The van der Waals surface area contributed by atoms with Crippen molar-refractivity contribution in [3.8, 4) is 0 Å². The highest BCUT2D eigenvalue weighted by Crippen LogP contribution is 2.17. The Kier molecular flexibility index (Phi) is 12.7. The summed E-state index contributed by atoms with van der Waals surface area (Å²) in [6, 6.07) is 0. The van der Waals surface area contributed by atoms with Crippen molar-refractivity contribution >= 4 is 0 Å². The van der Waals surface area contributed by atoms with Gasteiger partial charge in [0.15, 0.2) is 6.29 Å². The fraction of sp³-hybridized carbons (Fsp3) is 1.00. The van der Waals surface area contributed by atoms with E-state index in [9.17, 15) is 0 Å². The number of hydrogen-bond acceptors (Lipinski definition) is 4. The van der Waals surface area contributed by atoms with Crippen LogP contribution < -0.4 is 0 Å². The molecule has 4 heteroatoms. The Morgan fingerprint density at radius 3 is 1.47 bits per heavy atom. The predicted octanol–water partition coefficient (Wildman–Crippen LogP) is 3.39. The lowest BCUT2D eigenvalue weighted by Crippen LogP contribution is -2.29. The monoisotopic (exact) mass is 276 g/mol. The van der Waals surface area contributed by atoms with Crippen LogP contribution in [0.1, 0.15) is 53.9 Å². The molecule has 2 atom stereocenters. The zero-order valence-corrected chi connectivity index (χ0v) is 13.3. The van der Waals surface area contributed by atoms with Gasteiger partial charge >= 0.3 is 0 Å². The molecule has 0 rings (SSSR count). The van der Waals surface area contributed by atoms with Gasteiger partial charge in [0.1, 0.15) is 0 Å². The van der Waals surface area contributed by atoms with Crippen LogP contribution in [-0.4, -0.2) is 44.9 Å². The van der Waals surface area contributed by atoms with Crippen LogP contribution in [-0.2, 0) is 18.9 Å². The van der Waals surface area contributed by atoms with Gasteiger partial charge in [-0.3, -0.25) is 0 Å². The van der Waals surface area contributed by atoms with Gasteiger partial charge in [0.05, 0.1) is 12.2 Å². The van der Waals surface area contributed by atoms with Crippen LogP contribution in [0, 0.1) is 0 Å². The second kappa shape index (κ2) is 12.9. The lowest BCUT2D eigenvalue weighted by Gasteiger charge is -2.26. The van der Waals surface area contributed by atoms with E-state index < -0.39 is 0 Å². The van der Waals surface area contributed by atoms with E-state index in [1.54, 1.807) is 0 Å². The van der Waals surface area contributed by atoms with E-state index in [4.69, 9.17) is 18.9 Å². The highest BCUT2D eigenvalue weighted by molar-refractivity contribution is 4.68. The lowest BCUT2D eigenvalue weighted by molar-refractivity contribution is -0.160. The molecule has 0 bridgehead atoms. The highest BCUT2D eigenvalue weighted by Gasteiger charge is 2.21. The van der Waals surface area contributed by atoms with Gasteiger partial charge in [0, 0.05) is 32.8 Å². The molecule has 0 aromatic carbocycles. The molecule has 116 valence electrons. The smallest absolute Gasteiger partial charge is 0.160 e. The quantitative estimate of drug-likeness (QED) is 0.483. The molecule has 0 saturated heterocycles. The van der Waals surface area contributed by atoms with Crippen molar-refractivity contribution in [3.05, 3.63) is 0 Å². The molecule has 0 radical (unpaired) electrons. The maximum absolute atomic E-state index is 5.80. The summed E-state index contributed by atoms with van der Waals surface area (Å²) in [6.45, 7) is 12.9. The average molecular weight is 276 g/mol. The Balaban J connectivity index is 4.33. The summed E-state index contributed by atoms with van der Waals surface area (Å²) in [6.07, 6.45) is 2.87. The van der Waals surface area contributed by atoms with Crippen LogP contribution in [0.4, 0.5) is 0 Å². The van der Waals surface area contributed by atoms with Crippen molar-refractivity contribution in [1.82, 2.24) is 0 Å². The molecule has 0 spiro atoms. The summed E-state index contributed by atoms with van der Waals surface area (Å²) in [5.41, 5.74) is 0. The SMILES string of the molecule is CCOC(CC)CC(CC(OCC)OCC)OCC. The van der Waals surface area contributed by atoms with E-state index in [1.165, 1.54) is 0 Å². The lowest BCUT2D eigenvalue weighted by atomic mass is 10.1. The summed E-state index contributed by atoms with van der Waals surface area (Å²) < 4.78 is 22.7. The van der Waals surface area contributed by atoms with E-state index in [-0.39, 0.29) is 18.5 Å². The van der Waals surface area contributed by atoms with Gasteiger partial charge in [-0.2, -0.15) is 0 Å². The van der Waals surface area contributed by atoms with Gasteiger partial charge in [0.25, 0.3) is 0 Å². The first kappa shape index (κ1) is 18.8.